The number of aromatic nitrogens is 1. The number of anilines is 1. The molecule has 2 atom stereocenters. The van der Waals surface area contributed by atoms with Crippen LogP contribution in [0.5, 0.6) is 0 Å². The average molecular weight is 340 g/mol. The van der Waals surface area contributed by atoms with Crippen LogP contribution in [0, 0.1) is 10.1 Å². The molecule has 0 radical (unpaired) electrons. The van der Waals surface area contributed by atoms with Crippen LogP contribution in [0.2, 0.25) is 0 Å². The van der Waals surface area contributed by atoms with Gasteiger partial charge in [0.15, 0.2) is 6.20 Å². The zero-order valence-corrected chi connectivity index (χ0v) is 13.8. The van der Waals surface area contributed by atoms with Gasteiger partial charge in [0.1, 0.15) is 0 Å². The summed E-state index contributed by atoms with van der Waals surface area (Å²) >= 11 is 0. The second-order valence-corrected chi connectivity index (χ2v) is 6.47. The van der Waals surface area contributed by atoms with Gasteiger partial charge < -0.3 is 19.8 Å². The van der Waals surface area contributed by atoms with Crippen molar-refractivity contribution >= 4 is 11.5 Å². The van der Waals surface area contributed by atoms with E-state index in [1.807, 2.05) is 6.07 Å². The molecular weight excluding hydrogens is 320 g/mol. The predicted octanol–water partition coefficient (Wildman–Crippen LogP) is 2.08. The summed E-state index contributed by atoms with van der Waals surface area (Å²) in [7, 11) is 0. The van der Waals surface area contributed by atoms with Gasteiger partial charge in [-0.05, 0) is 21.5 Å². The van der Waals surface area contributed by atoms with E-state index in [0.717, 1.165) is 38.5 Å². The van der Waals surface area contributed by atoms with E-state index in [2.05, 4.69) is 39.0 Å². The lowest BCUT2D eigenvalue weighted by Gasteiger charge is -2.36. The van der Waals surface area contributed by atoms with Crippen LogP contribution in [0.4, 0.5) is 11.5 Å². The van der Waals surface area contributed by atoms with Crippen molar-refractivity contribution in [1.82, 2.24) is 9.88 Å². The minimum atomic E-state index is -0.474. The Kier molecular flexibility index (Phi) is 4.33. The summed E-state index contributed by atoms with van der Waals surface area (Å²) in [5, 5.41) is 10.8. The fourth-order valence-corrected chi connectivity index (χ4v) is 3.66. The van der Waals surface area contributed by atoms with E-state index in [9.17, 15) is 10.1 Å². The average Bonchev–Trinajstić information content (AvgIpc) is 3.08. The van der Waals surface area contributed by atoms with Gasteiger partial charge in [0, 0.05) is 32.2 Å². The molecule has 2 saturated heterocycles. The number of ether oxygens (including phenoxy) is 1. The van der Waals surface area contributed by atoms with Crippen LogP contribution in [0.3, 0.4) is 0 Å². The van der Waals surface area contributed by atoms with Crippen LogP contribution < -0.4 is 4.90 Å². The molecule has 7 nitrogen and oxygen atoms in total. The number of benzene rings is 1. The number of hydrogen-bond donors (Lipinski definition) is 0. The smallest absolute Gasteiger partial charge is 0.363 e. The van der Waals surface area contributed by atoms with Crippen LogP contribution in [0.25, 0.3) is 0 Å². The van der Waals surface area contributed by atoms with Crippen molar-refractivity contribution < 1.29 is 9.66 Å². The minimum absolute atomic E-state index is 0.123. The van der Waals surface area contributed by atoms with E-state index in [4.69, 9.17) is 4.74 Å². The third-order valence-corrected chi connectivity index (χ3v) is 4.93. The normalized spacial score (nSPS) is 23.4. The predicted molar refractivity (Wildman–Crippen MR) is 93.5 cm³/mol. The van der Waals surface area contributed by atoms with Crippen LogP contribution in [0.15, 0.2) is 48.7 Å². The quantitative estimate of drug-likeness (QED) is 0.627. The van der Waals surface area contributed by atoms with E-state index in [1.54, 1.807) is 12.3 Å². The zero-order chi connectivity index (χ0) is 17.2. The third-order valence-electron chi connectivity index (χ3n) is 4.93. The number of fused-ring (bicyclic) bond motifs is 1. The number of pyridine rings is 1. The van der Waals surface area contributed by atoms with Crippen LogP contribution >= 0.6 is 0 Å². The van der Waals surface area contributed by atoms with Crippen molar-refractivity contribution in [3.8, 4) is 0 Å². The lowest BCUT2D eigenvalue weighted by molar-refractivity contribution is -0.389. The van der Waals surface area contributed by atoms with E-state index in [0.29, 0.717) is 6.04 Å². The van der Waals surface area contributed by atoms with Crippen molar-refractivity contribution in [2.45, 2.75) is 18.7 Å². The highest BCUT2D eigenvalue weighted by atomic mass is 16.6. The van der Waals surface area contributed by atoms with Crippen molar-refractivity contribution in [3.63, 3.8) is 0 Å². The molecule has 0 N–H and O–H groups in total. The fraction of sp³-hybridized carbons (Fsp3) is 0.389. The van der Waals surface area contributed by atoms with E-state index >= 15 is 0 Å². The number of hydrogen-bond acceptors (Lipinski definition) is 6. The molecule has 0 saturated carbocycles. The molecule has 25 heavy (non-hydrogen) atoms. The van der Waals surface area contributed by atoms with Gasteiger partial charge in [-0.2, -0.15) is 0 Å². The first-order chi connectivity index (χ1) is 12.2. The lowest BCUT2D eigenvalue weighted by atomic mass is 10.1. The summed E-state index contributed by atoms with van der Waals surface area (Å²) in [5.74, 6) is -0.123. The summed E-state index contributed by atoms with van der Waals surface area (Å²) in [6.07, 6.45) is 1.74. The molecular formula is C18H20N4O3. The first-order valence-corrected chi connectivity index (χ1v) is 8.46. The summed E-state index contributed by atoms with van der Waals surface area (Å²) in [4.78, 5) is 18.9. The molecule has 0 unspecified atom stereocenters. The Morgan fingerprint density at radius 2 is 2.04 bits per heavy atom. The maximum absolute atomic E-state index is 10.8. The van der Waals surface area contributed by atoms with Gasteiger partial charge in [0.05, 0.1) is 24.4 Å². The molecule has 0 amide bonds. The van der Waals surface area contributed by atoms with Crippen molar-refractivity contribution in [1.29, 1.82) is 0 Å². The first kappa shape index (κ1) is 16.0. The minimum Gasteiger partial charge on any atom is -0.373 e. The second kappa shape index (κ2) is 6.78. The van der Waals surface area contributed by atoms with E-state index in [-0.39, 0.29) is 11.9 Å². The number of morpholine rings is 1. The standard InChI is InChI=1S/C18H20N4O3/c23-22(24)18-7-6-15(10-19-18)21-12-16-17(13-21)25-9-8-20(16)11-14-4-2-1-3-5-14/h1-7,10,16-17H,8-9,11-13H2/t16-,17-/m1/s1. The highest BCUT2D eigenvalue weighted by Gasteiger charge is 2.40. The SMILES string of the molecule is O=[N+]([O-])c1ccc(N2C[C@@H]3[C@@H](C2)OCCN3Cc2ccccc2)cn1. The van der Waals surface area contributed by atoms with Crippen LogP contribution in [-0.2, 0) is 11.3 Å². The molecule has 0 bridgehead atoms. The van der Waals surface area contributed by atoms with Gasteiger partial charge in [0.2, 0.25) is 0 Å². The molecule has 4 rings (SSSR count). The molecule has 130 valence electrons. The summed E-state index contributed by atoms with van der Waals surface area (Å²) in [6.45, 7) is 4.20. The Bertz CT molecular complexity index is 738. The molecule has 2 aliphatic rings. The molecule has 1 aromatic carbocycles. The number of nitrogens with zero attached hydrogens (tertiary/aromatic N) is 4. The van der Waals surface area contributed by atoms with Crippen LogP contribution in [0.1, 0.15) is 5.56 Å². The molecule has 0 aliphatic carbocycles. The van der Waals surface area contributed by atoms with Gasteiger partial charge in [-0.15, -0.1) is 0 Å². The third kappa shape index (κ3) is 3.33. The van der Waals surface area contributed by atoms with Crippen molar-refractivity contribution in [2.24, 2.45) is 0 Å². The maximum Gasteiger partial charge on any atom is 0.363 e. The number of nitro groups is 1. The Balaban J connectivity index is 1.47. The maximum atomic E-state index is 10.8. The molecule has 2 aliphatic heterocycles. The Morgan fingerprint density at radius 1 is 1.20 bits per heavy atom. The molecule has 3 heterocycles. The highest BCUT2D eigenvalue weighted by molar-refractivity contribution is 5.48. The molecule has 1 aromatic heterocycles. The summed E-state index contributed by atoms with van der Waals surface area (Å²) < 4.78 is 5.97. The Hall–Kier alpha value is -2.51. The van der Waals surface area contributed by atoms with E-state index < -0.39 is 4.92 Å². The van der Waals surface area contributed by atoms with Gasteiger partial charge in [-0.1, -0.05) is 30.3 Å². The monoisotopic (exact) mass is 340 g/mol. The number of rotatable bonds is 4. The van der Waals surface area contributed by atoms with Crippen molar-refractivity contribution in [2.75, 3.05) is 31.1 Å². The fourth-order valence-electron chi connectivity index (χ4n) is 3.66. The molecule has 2 fully saturated rings. The molecule has 0 spiro atoms. The van der Waals surface area contributed by atoms with Crippen molar-refractivity contribution in [3.05, 3.63) is 64.3 Å². The summed E-state index contributed by atoms with van der Waals surface area (Å²) in [5.41, 5.74) is 2.21. The Labute approximate surface area is 146 Å². The molecule has 7 heteroatoms. The van der Waals surface area contributed by atoms with Gasteiger partial charge in [0.25, 0.3) is 0 Å². The largest absolute Gasteiger partial charge is 0.373 e. The first-order valence-electron chi connectivity index (χ1n) is 8.46. The lowest BCUT2D eigenvalue weighted by Crippen LogP contribution is -2.50. The second-order valence-electron chi connectivity index (χ2n) is 6.47. The van der Waals surface area contributed by atoms with Gasteiger partial charge in [-0.25, -0.2) is 0 Å². The van der Waals surface area contributed by atoms with E-state index in [1.165, 1.54) is 11.6 Å². The highest BCUT2D eigenvalue weighted by Crippen LogP contribution is 2.28. The molecule has 2 aromatic rings. The van der Waals surface area contributed by atoms with Gasteiger partial charge in [-0.3, -0.25) is 4.90 Å². The van der Waals surface area contributed by atoms with Gasteiger partial charge >= 0.3 is 5.82 Å². The zero-order valence-electron chi connectivity index (χ0n) is 13.8. The Morgan fingerprint density at radius 3 is 2.76 bits per heavy atom. The summed E-state index contributed by atoms with van der Waals surface area (Å²) in [6, 6.07) is 14.0. The topological polar surface area (TPSA) is 71.7 Å². The van der Waals surface area contributed by atoms with Crippen LogP contribution in [-0.4, -0.2) is 53.2 Å².